The van der Waals surface area contributed by atoms with Gasteiger partial charge in [-0.15, -0.1) is 0 Å². The first-order valence-electron chi connectivity index (χ1n) is 4.76. The fourth-order valence-corrected chi connectivity index (χ4v) is 1.71. The molecular formula is C10H12N2O3. The maximum absolute atomic E-state index is 11.0. The first-order chi connectivity index (χ1) is 7.20. The smallest absolute Gasteiger partial charge is 0.339 e. The van der Waals surface area contributed by atoms with Gasteiger partial charge in [-0.25, -0.2) is 4.79 Å². The number of carboxylic acid groups (broad SMARTS) is 1. The molecule has 0 unspecified atom stereocenters. The number of aromatic carboxylic acids is 1. The van der Waals surface area contributed by atoms with Gasteiger partial charge in [-0.1, -0.05) is 0 Å². The largest absolute Gasteiger partial charge is 0.501 e. The number of hydrogen-bond acceptors (Lipinski definition) is 3. The third-order valence-electron chi connectivity index (χ3n) is 2.41. The van der Waals surface area contributed by atoms with Gasteiger partial charge in [-0.05, 0) is 12.8 Å². The predicted octanol–water partition coefficient (Wildman–Crippen LogP) is 1.27. The molecule has 0 saturated carbocycles. The fourth-order valence-electron chi connectivity index (χ4n) is 1.71. The van der Waals surface area contributed by atoms with Crippen molar-refractivity contribution >= 4 is 11.5 Å². The highest BCUT2D eigenvalue weighted by Crippen LogP contribution is 2.25. The molecule has 0 bridgehead atoms. The topological polar surface area (TPSA) is 64.4 Å². The summed E-state index contributed by atoms with van der Waals surface area (Å²) in [5.74, 6) is -0.954. The molecule has 5 nitrogen and oxygen atoms in total. The zero-order valence-corrected chi connectivity index (χ0v) is 8.43. The highest BCUT2D eigenvalue weighted by molar-refractivity contribution is 5.93. The minimum Gasteiger partial charge on any atom is -0.501 e. The molecule has 0 aliphatic carbocycles. The summed E-state index contributed by atoms with van der Waals surface area (Å²) in [5, 5.41) is 12.9. The van der Waals surface area contributed by atoms with E-state index in [0.717, 1.165) is 18.4 Å². The van der Waals surface area contributed by atoms with E-state index in [-0.39, 0.29) is 5.56 Å². The van der Waals surface area contributed by atoms with E-state index < -0.39 is 5.97 Å². The van der Waals surface area contributed by atoms with Crippen LogP contribution in [0, 0.1) is 0 Å². The lowest BCUT2D eigenvalue weighted by Crippen LogP contribution is -2.07. The zero-order valence-electron chi connectivity index (χ0n) is 8.43. The van der Waals surface area contributed by atoms with E-state index in [0.29, 0.717) is 12.3 Å². The lowest BCUT2D eigenvalue weighted by atomic mass is 10.0. The van der Waals surface area contributed by atoms with Gasteiger partial charge >= 0.3 is 5.97 Å². The van der Waals surface area contributed by atoms with E-state index in [1.807, 2.05) is 0 Å². The lowest BCUT2D eigenvalue weighted by Gasteiger charge is -2.14. The monoisotopic (exact) mass is 208 g/mol. The van der Waals surface area contributed by atoms with Gasteiger partial charge in [-0.3, -0.25) is 4.68 Å². The summed E-state index contributed by atoms with van der Waals surface area (Å²) in [6, 6.07) is 0. The second-order valence-electron chi connectivity index (χ2n) is 3.45. The van der Waals surface area contributed by atoms with Crippen LogP contribution in [-0.4, -0.2) is 27.5 Å². The van der Waals surface area contributed by atoms with Crippen molar-refractivity contribution in [2.24, 2.45) is 7.05 Å². The number of hydrogen-bond donors (Lipinski definition) is 1. The Morgan fingerprint density at radius 2 is 2.47 bits per heavy atom. The summed E-state index contributed by atoms with van der Waals surface area (Å²) < 4.78 is 6.77. The van der Waals surface area contributed by atoms with E-state index in [2.05, 4.69) is 5.10 Å². The Morgan fingerprint density at radius 3 is 3.07 bits per heavy atom. The third kappa shape index (κ3) is 1.72. The Balaban J connectivity index is 2.45. The van der Waals surface area contributed by atoms with Gasteiger partial charge in [0.15, 0.2) is 0 Å². The van der Waals surface area contributed by atoms with Crippen LogP contribution in [0.4, 0.5) is 0 Å². The molecule has 2 rings (SSSR count). The van der Waals surface area contributed by atoms with E-state index in [1.54, 1.807) is 18.0 Å². The Labute approximate surface area is 87.0 Å². The molecule has 0 aromatic carbocycles. The first-order valence-corrected chi connectivity index (χ1v) is 4.76. The van der Waals surface area contributed by atoms with Crippen LogP contribution in [0.1, 0.15) is 28.9 Å². The van der Waals surface area contributed by atoms with E-state index >= 15 is 0 Å². The van der Waals surface area contributed by atoms with Gasteiger partial charge < -0.3 is 9.84 Å². The number of aromatic nitrogens is 2. The molecular weight excluding hydrogens is 196 g/mol. The number of carbonyl (C=O) groups is 1. The SMILES string of the molecule is Cn1ncc(C(=O)O)c1C1=COCCC1. The average molecular weight is 208 g/mol. The molecule has 15 heavy (non-hydrogen) atoms. The third-order valence-corrected chi connectivity index (χ3v) is 2.41. The molecule has 5 heteroatoms. The summed E-state index contributed by atoms with van der Waals surface area (Å²) >= 11 is 0. The van der Waals surface area contributed by atoms with Crippen molar-refractivity contribution in [3.8, 4) is 0 Å². The predicted molar refractivity (Wildman–Crippen MR) is 53.3 cm³/mol. The van der Waals surface area contributed by atoms with E-state index in [1.165, 1.54) is 6.20 Å². The highest BCUT2D eigenvalue weighted by atomic mass is 16.5. The van der Waals surface area contributed by atoms with E-state index in [4.69, 9.17) is 9.84 Å². The summed E-state index contributed by atoms with van der Waals surface area (Å²) in [6.07, 6.45) is 4.75. The maximum atomic E-state index is 11.0. The quantitative estimate of drug-likeness (QED) is 0.794. The molecule has 1 N–H and O–H groups in total. The standard InChI is InChI=1S/C10H12N2O3/c1-12-9(7-3-2-4-15-6-7)8(5-11-12)10(13)14/h5-6H,2-4H2,1H3,(H,13,14). The van der Waals surface area contributed by atoms with Crippen molar-refractivity contribution < 1.29 is 14.6 Å². The molecule has 80 valence electrons. The fraction of sp³-hybridized carbons (Fsp3) is 0.400. The van der Waals surface area contributed by atoms with Gasteiger partial charge in [-0.2, -0.15) is 5.10 Å². The maximum Gasteiger partial charge on any atom is 0.339 e. The van der Waals surface area contributed by atoms with Gasteiger partial charge in [0, 0.05) is 12.6 Å². The average Bonchev–Trinajstić information content (AvgIpc) is 2.61. The van der Waals surface area contributed by atoms with Crippen LogP contribution in [0.5, 0.6) is 0 Å². The number of nitrogens with zero attached hydrogens (tertiary/aromatic N) is 2. The zero-order chi connectivity index (χ0) is 10.8. The first kappa shape index (κ1) is 9.76. The van der Waals surface area contributed by atoms with Gasteiger partial charge in [0.05, 0.1) is 24.8 Å². The van der Waals surface area contributed by atoms with Crippen molar-refractivity contribution in [3.63, 3.8) is 0 Å². The molecule has 1 aromatic heterocycles. The second-order valence-corrected chi connectivity index (χ2v) is 3.45. The van der Waals surface area contributed by atoms with Gasteiger partial charge in [0.25, 0.3) is 0 Å². The number of aryl methyl sites for hydroxylation is 1. The molecule has 0 amide bonds. The Kier molecular flexibility index (Phi) is 2.45. The Hall–Kier alpha value is -1.78. The molecule has 0 atom stereocenters. The number of allylic oxidation sites excluding steroid dienone is 1. The molecule has 1 aliphatic rings. The molecule has 0 saturated heterocycles. The summed E-state index contributed by atoms with van der Waals surface area (Å²) in [5.41, 5.74) is 1.77. The summed E-state index contributed by atoms with van der Waals surface area (Å²) in [4.78, 5) is 11.0. The molecule has 0 spiro atoms. The molecule has 1 aliphatic heterocycles. The van der Waals surface area contributed by atoms with Crippen LogP contribution in [0.15, 0.2) is 12.5 Å². The number of ether oxygens (including phenoxy) is 1. The van der Waals surface area contributed by atoms with Gasteiger partial charge in [0.1, 0.15) is 5.56 Å². The van der Waals surface area contributed by atoms with Crippen LogP contribution in [0.3, 0.4) is 0 Å². The normalized spacial score (nSPS) is 15.7. The van der Waals surface area contributed by atoms with Crippen molar-refractivity contribution in [1.29, 1.82) is 0 Å². The molecule has 1 aromatic rings. The van der Waals surface area contributed by atoms with Crippen LogP contribution in [0.2, 0.25) is 0 Å². The summed E-state index contributed by atoms with van der Waals surface area (Å²) in [7, 11) is 1.73. The second kappa shape index (κ2) is 3.76. The Morgan fingerprint density at radius 1 is 1.67 bits per heavy atom. The molecule has 2 heterocycles. The lowest BCUT2D eigenvalue weighted by molar-refractivity contribution is 0.0696. The molecule has 0 radical (unpaired) electrons. The van der Waals surface area contributed by atoms with Crippen molar-refractivity contribution in [3.05, 3.63) is 23.7 Å². The van der Waals surface area contributed by atoms with Crippen LogP contribution < -0.4 is 0 Å². The number of carboxylic acids is 1. The number of rotatable bonds is 2. The minimum absolute atomic E-state index is 0.231. The van der Waals surface area contributed by atoms with Crippen molar-refractivity contribution in [1.82, 2.24) is 9.78 Å². The van der Waals surface area contributed by atoms with Crippen LogP contribution in [-0.2, 0) is 11.8 Å². The van der Waals surface area contributed by atoms with E-state index in [9.17, 15) is 4.79 Å². The van der Waals surface area contributed by atoms with Gasteiger partial charge in [0.2, 0.25) is 0 Å². The summed E-state index contributed by atoms with van der Waals surface area (Å²) in [6.45, 7) is 0.698. The van der Waals surface area contributed by atoms with Crippen molar-refractivity contribution in [2.75, 3.05) is 6.61 Å². The minimum atomic E-state index is -0.954. The van der Waals surface area contributed by atoms with Crippen LogP contribution >= 0.6 is 0 Å². The van der Waals surface area contributed by atoms with Crippen molar-refractivity contribution in [2.45, 2.75) is 12.8 Å². The Bertz CT molecular complexity index is 420. The van der Waals surface area contributed by atoms with Crippen LogP contribution in [0.25, 0.3) is 5.57 Å². The molecule has 0 fully saturated rings. The highest BCUT2D eigenvalue weighted by Gasteiger charge is 2.19.